The van der Waals surface area contributed by atoms with Gasteiger partial charge in [0.2, 0.25) is 0 Å². The SMILES string of the molecule is Cc1cc(Br)cc2[nH]c(-c3ccc(F)c(N)c3)nc12. The number of imidazole rings is 1. The van der Waals surface area contributed by atoms with E-state index in [9.17, 15) is 4.39 Å². The van der Waals surface area contributed by atoms with E-state index in [0.29, 0.717) is 5.82 Å². The molecule has 0 fully saturated rings. The Morgan fingerprint density at radius 2 is 2.05 bits per heavy atom. The molecule has 0 saturated carbocycles. The maximum Gasteiger partial charge on any atom is 0.146 e. The van der Waals surface area contributed by atoms with Crippen LogP contribution in [0.1, 0.15) is 5.56 Å². The Kier molecular flexibility index (Phi) is 2.78. The van der Waals surface area contributed by atoms with Crippen LogP contribution in [0.15, 0.2) is 34.8 Å². The lowest BCUT2D eigenvalue weighted by molar-refractivity contribution is 0.632. The van der Waals surface area contributed by atoms with E-state index >= 15 is 0 Å². The fourth-order valence-electron chi connectivity index (χ4n) is 2.07. The van der Waals surface area contributed by atoms with Gasteiger partial charge in [-0.1, -0.05) is 15.9 Å². The molecule has 1 aromatic heterocycles. The lowest BCUT2D eigenvalue weighted by Gasteiger charge is -1.99. The van der Waals surface area contributed by atoms with Gasteiger partial charge in [0.05, 0.1) is 16.7 Å². The number of benzene rings is 2. The van der Waals surface area contributed by atoms with E-state index < -0.39 is 5.82 Å². The van der Waals surface area contributed by atoms with Gasteiger partial charge < -0.3 is 10.7 Å². The van der Waals surface area contributed by atoms with Crippen molar-refractivity contribution in [3.8, 4) is 11.4 Å². The Labute approximate surface area is 117 Å². The molecule has 3 aromatic rings. The second kappa shape index (κ2) is 4.35. The molecule has 3 nitrogen and oxygen atoms in total. The number of fused-ring (bicyclic) bond motifs is 1. The minimum Gasteiger partial charge on any atom is -0.396 e. The van der Waals surface area contributed by atoms with Crippen LogP contribution in [0.2, 0.25) is 0 Å². The topological polar surface area (TPSA) is 54.7 Å². The lowest BCUT2D eigenvalue weighted by atomic mass is 10.2. The van der Waals surface area contributed by atoms with Gasteiger partial charge in [0.1, 0.15) is 11.6 Å². The number of halogens is 2. The van der Waals surface area contributed by atoms with Crippen molar-refractivity contribution in [2.45, 2.75) is 6.92 Å². The summed E-state index contributed by atoms with van der Waals surface area (Å²) in [5.74, 6) is 0.265. The number of aromatic nitrogens is 2. The number of aryl methyl sites for hydroxylation is 1. The molecule has 0 amide bonds. The standard InChI is InChI=1S/C14H11BrFN3/c1-7-4-9(15)6-12-13(7)19-14(18-12)8-2-3-10(16)11(17)5-8/h2-6H,17H2,1H3,(H,18,19). The van der Waals surface area contributed by atoms with E-state index in [0.717, 1.165) is 26.6 Å². The van der Waals surface area contributed by atoms with Gasteiger partial charge in [-0.2, -0.15) is 0 Å². The summed E-state index contributed by atoms with van der Waals surface area (Å²) in [6.07, 6.45) is 0. The van der Waals surface area contributed by atoms with Crippen LogP contribution in [0.5, 0.6) is 0 Å². The molecule has 0 atom stereocenters. The van der Waals surface area contributed by atoms with Gasteiger partial charge in [0.25, 0.3) is 0 Å². The largest absolute Gasteiger partial charge is 0.396 e. The van der Waals surface area contributed by atoms with Crippen molar-refractivity contribution in [1.29, 1.82) is 0 Å². The van der Waals surface area contributed by atoms with Crippen LogP contribution in [-0.2, 0) is 0 Å². The molecule has 2 aromatic carbocycles. The van der Waals surface area contributed by atoms with Crippen LogP contribution in [0.3, 0.4) is 0 Å². The minimum absolute atomic E-state index is 0.121. The number of rotatable bonds is 1. The summed E-state index contributed by atoms with van der Waals surface area (Å²) in [4.78, 5) is 7.76. The average Bonchev–Trinajstić information content (AvgIpc) is 2.76. The number of nitrogens with two attached hydrogens (primary N) is 1. The van der Waals surface area contributed by atoms with Crippen molar-refractivity contribution in [1.82, 2.24) is 9.97 Å². The number of nitrogen functional groups attached to an aromatic ring is 1. The molecular formula is C14H11BrFN3. The highest BCUT2D eigenvalue weighted by Gasteiger charge is 2.09. The predicted molar refractivity (Wildman–Crippen MR) is 78.3 cm³/mol. The van der Waals surface area contributed by atoms with Crippen molar-refractivity contribution in [3.05, 3.63) is 46.2 Å². The predicted octanol–water partition coefficient (Wildman–Crippen LogP) is 4.02. The molecule has 0 aliphatic carbocycles. The zero-order valence-corrected chi connectivity index (χ0v) is 11.8. The molecule has 3 N–H and O–H groups in total. The first kappa shape index (κ1) is 12.2. The number of aromatic amines is 1. The van der Waals surface area contributed by atoms with Crippen LogP contribution in [0.25, 0.3) is 22.4 Å². The first-order valence-electron chi connectivity index (χ1n) is 5.76. The van der Waals surface area contributed by atoms with Gasteiger partial charge in [-0.05, 0) is 42.8 Å². The van der Waals surface area contributed by atoms with Crippen molar-refractivity contribution < 1.29 is 4.39 Å². The van der Waals surface area contributed by atoms with E-state index in [2.05, 4.69) is 25.9 Å². The third-order valence-corrected chi connectivity index (χ3v) is 3.47. The van der Waals surface area contributed by atoms with Crippen molar-refractivity contribution in [2.24, 2.45) is 0 Å². The minimum atomic E-state index is -0.418. The Morgan fingerprint density at radius 1 is 1.26 bits per heavy atom. The molecule has 3 rings (SSSR count). The smallest absolute Gasteiger partial charge is 0.146 e. The van der Waals surface area contributed by atoms with E-state index in [1.165, 1.54) is 6.07 Å². The van der Waals surface area contributed by atoms with Crippen LogP contribution in [0, 0.1) is 12.7 Å². The summed E-state index contributed by atoms with van der Waals surface area (Å²) >= 11 is 3.45. The molecule has 0 aliphatic rings. The number of hydrogen-bond acceptors (Lipinski definition) is 2. The van der Waals surface area contributed by atoms with E-state index in [1.54, 1.807) is 12.1 Å². The fourth-order valence-corrected chi connectivity index (χ4v) is 2.65. The maximum atomic E-state index is 13.2. The molecule has 0 radical (unpaired) electrons. The van der Waals surface area contributed by atoms with Gasteiger partial charge in [-0.3, -0.25) is 0 Å². The molecular weight excluding hydrogens is 309 g/mol. The monoisotopic (exact) mass is 319 g/mol. The first-order chi connectivity index (χ1) is 9.04. The van der Waals surface area contributed by atoms with Gasteiger partial charge in [0.15, 0.2) is 0 Å². The lowest BCUT2D eigenvalue weighted by Crippen LogP contribution is -1.91. The molecule has 0 bridgehead atoms. The highest BCUT2D eigenvalue weighted by Crippen LogP contribution is 2.27. The van der Waals surface area contributed by atoms with Gasteiger partial charge in [-0.25, -0.2) is 9.37 Å². The Bertz CT molecular complexity index is 780. The summed E-state index contributed by atoms with van der Waals surface area (Å²) < 4.78 is 14.2. The van der Waals surface area contributed by atoms with Gasteiger partial charge >= 0.3 is 0 Å². The number of anilines is 1. The van der Waals surface area contributed by atoms with Crippen molar-refractivity contribution in [3.63, 3.8) is 0 Å². The van der Waals surface area contributed by atoms with Crippen molar-refractivity contribution in [2.75, 3.05) is 5.73 Å². The first-order valence-corrected chi connectivity index (χ1v) is 6.55. The molecule has 5 heteroatoms. The van der Waals surface area contributed by atoms with E-state index in [-0.39, 0.29) is 5.69 Å². The van der Waals surface area contributed by atoms with Crippen LogP contribution in [0.4, 0.5) is 10.1 Å². The summed E-state index contributed by atoms with van der Waals surface area (Å²) in [7, 11) is 0. The van der Waals surface area contributed by atoms with Crippen LogP contribution < -0.4 is 5.73 Å². The zero-order chi connectivity index (χ0) is 13.6. The number of hydrogen-bond donors (Lipinski definition) is 2. The Balaban J connectivity index is 2.20. The summed E-state index contributed by atoms with van der Waals surface area (Å²) in [5.41, 5.74) is 9.38. The number of nitrogens with one attached hydrogen (secondary N) is 1. The fraction of sp³-hybridized carbons (Fsp3) is 0.0714. The molecule has 0 aliphatic heterocycles. The second-order valence-electron chi connectivity index (χ2n) is 4.44. The maximum absolute atomic E-state index is 13.2. The van der Waals surface area contributed by atoms with Crippen LogP contribution in [-0.4, -0.2) is 9.97 Å². The summed E-state index contributed by atoms with van der Waals surface area (Å²) in [6.45, 7) is 2.00. The van der Waals surface area contributed by atoms with E-state index in [1.807, 2.05) is 19.1 Å². The number of nitrogens with zero attached hydrogens (tertiary/aromatic N) is 1. The summed E-state index contributed by atoms with van der Waals surface area (Å²) in [5, 5.41) is 0. The third kappa shape index (κ3) is 2.10. The highest BCUT2D eigenvalue weighted by molar-refractivity contribution is 9.10. The van der Waals surface area contributed by atoms with E-state index in [4.69, 9.17) is 5.73 Å². The zero-order valence-electron chi connectivity index (χ0n) is 10.2. The molecule has 1 heterocycles. The highest BCUT2D eigenvalue weighted by atomic mass is 79.9. The number of H-pyrrole nitrogens is 1. The van der Waals surface area contributed by atoms with Gasteiger partial charge in [0, 0.05) is 10.0 Å². The van der Waals surface area contributed by atoms with Gasteiger partial charge in [-0.15, -0.1) is 0 Å². The summed E-state index contributed by atoms with van der Waals surface area (Å²) in [6, 6.07) is 8.56. The normalized spacial score (nSPS) is 11.1. The Morgan fingerprint density at radius 3 is 2.79 bits per heavy atom. The third-order valence-electron chi connectivity index (χ3n) is 3.01. The second-order valence-corrected chi connectivity index (χ2v) is 5.36. The molecule has 19 heavy (non-hydrogen) atoms. The quantitative estimate of drug-likeness (QED) is 0.665. The Hall–Kier alpha value is -1.88. The molecule has 0 spiro atoms. The molecule has 0 unspecified atom stereocenters. The molecule has 0 saturated heterocycles. The average molecular weight is 320 g/mol. The van der Waals surface area contributed by atoms with Crippen LogP contribution >= 0.6 is 15.9 Å². The van der Waals surface area contributed by atoms with Crippen molar-refractivity contribution >= 4 is 32.7 Å². The molecule has 96 valence electrons.